The van der Waals surface area contributed by atoms with E-state index < -0.39 is 0 Å². The van der Waals surface area contributed by atoms with E-state index in [1.54, 1.807) is 6.20 Å². The van der Waals surface area contributed by atoms with Crippen molar-refractivity contribution in [2.24, 2.45) is 0 Å². The van der Waals surface area contributed by atoms with Crippen molar-refractivity contribution >= 4 is 17.0 Å². The Morgan fingerprint density at radius 3 is 2.77 bits per heavy atom. The lowest BCUT2D eigenvalue weighted by Gasteiger charge is -1.89. The fourth-order valence-corrected chi connectivity index (χ4v) is 0.944. The van der Waals surface area contributed by atoms with Crippen LogP contribution >= 0.6 is 0 Å². The number of hydrogen-bond acceptors (Lipinski definition) is 4. The van der Waals surface area contributed by atoms with Gasteiger partial charge in [0.15, 0.2) is 0 Å². The molecule has 70 valence electrons. The predicted octanol–water partition coefficient (Wildman–Crippen LogP) is 1.27. The third-order valence-electron chi connectivity index (χ3n) is 1.49. The van der Waals surface area contributed by atoms with Crippen LogP contribution in [0.4, 0.5) is 5.95 Å². The summed E-state index contributed by atoms with van der Waals surface area (Å²) in [6.45, 7) is 5.89. The molecule has 0 aliphatic rings. The highest BCUT2D eigenvalue weighted by molar-refractivity contribution is 5.76. The summed E-state index contributed by atoms with van der Waals surface area (Å²) in [4.78, 5) is 7.81. The first-order valence-electron chi connectivity index (χ1n) is 4.20. The average molecular weight is 179 g/mol. The van der Waals surface area contributed by atoms with Gasteiger partial charge in [-0.3, -0.25) is 5.10 Å². The number of hydrogen-bond donors (Lipinski definition) is 2. The summed E-state index contributed by atoms with van der Waals surface area (Å²) in [6, 6.07) is 0. The zero-order valence-electron chi connectivity index (χ0n) is 8.00. The minimum absolute atomic E-state index is 0.280. The van der Waals surface area contributed by atoms with Crippen LogP contribution in [-0.2, 0) is 0 Å². The molecule has 3 N–H and O–H groups in total. The van der Waals surface area contributed by atoms with Crippen molar-refractivity contribution in [3.63, 3.8) is 0 Å². The molecule has 0 spiro atoms. The van der Waals surface area contributed by atoms with Crippen molar-refractivity contribution < 1.29 is 0 Å². The highest BCUT2D eigenvalue weighted by Crippen LogP contribution is 2.10. The van der Waals surface area contributed by atoms with E-state index in [0.717, 1.165) is 16.7 Å². The van der Waals surface area contributed by atoms with Gasteiger partial charge in [-0.05, 0) is 6.92 Å². The number of rotatable bonds is 0. The molecule has 0 saturated heterocycles. The third kappa shape index (κ3) is 1.74. The lowest BCUT2D eigenvalue weighted by atomic mass is 10.4. The van der Waals surface area contributed by atoms with Crippen LogP contribution in [0.3, 0.4) is 0 Å². The quantitative estimate of drug-likeness (QED) is 0.638. The summed E-state index contributed by atoms with van der Waals surface area (Å²) in [5.74, 6) is 0.280. The van der Waals surface area contributed by atoms with Crippen LogP contribution in [0.1, 0.15) is 19.5 Å². The van der Waals surface area contributed by atoms with E-state index in [1.165, 1.54) is 0 Å². The Morgan fingerprint density at radius 1 is 1.38 bits per heavy atom. The second-order valence-corrected chi connectivity index (χ2v) is 2.31. The first-order valence-corrected chi connectivity index (χ1v) is 4.20. The monoisotopic (exact) mass is 179 g/mol. The zero-order valence-corrected chi connectivity index (χ0v) is 8.00. The molecule has 0 atom stereocenters. The van der Waals surface area contributed by atoms with Crippen molar-refractivity contribution in [1.29, 1.82) is 0 Å². The highest BCUT2D eigenvalue weighted by Gasteiger charge is 2.02. The van der Waals surface area contributed by atoms with Crippen LogP contribution in [0.15, 0.2) is 6.20 Å². The van der Waals surface area contributed by atoms with Gasteiger partial charge in [0.05, 0.1) is 11.9 Å². The van der Waals surface area contributed by atoms with E-state index in [0.29, 0.717) is 0 Å². The number of anilines is 1. The molecule has 0 fully saturated rings. The number of nitrogens with one attached hydrogen (secondary N) is 1. The first kappa shape index (κ1) is 9.44. The summed E-state index contributed by atoms with van der Waals surface area (Å²) in [6.07, 6.45) is 1.60. The highest BCUT2D eigenvalue weighted by atomic mass is 15.1. The molecule has 0 amide bonds. The smallest absolute Gasteiger partial charge is 0.220 e. The molecule has 2 aromatic heterocycles. The topological polar surface area (TPSA) is 80.5 Å². The molecule has 0 saturated carbocycles. The zero-order chi connectivity index (χ0) is 9.84. The maximum atomic E-state index is 5.39. The van der Waals surface area contributed by atoms with E-state index in [4.69, 9.17) is 5.73 Å². The Bertz CT molecular complexity index is 392. The van der Waals surface area contributed by atoms with Crippen LogP contribution in [0.2, 0.25) is 0 Å². The second kappa shape index (κ2) is 3.84. The van der Waals surface area contributed by atoms with Gasteiger partial charge in [-0.15, -0.1) is 0 Å². The number of nitrogens with two attached hydrogens (primary N) is 1. The van der Waals surface area contributed by atoms with Gasteiger partial charge in [0.1, 0.15) is 11.0 Å². The molecule has 2 heterocycles. The number of nitrogens with zero attached hydrogens (tertiary/aromatic N) is 3. The van der Waals surface area contributed by atoms with Crippen molar-refractivity contribution in [3.05, 3.63) is 11.9 Å². The molecule has 0 unspecified atom stereocenters. The summed E-state index contributed by atoms with van der Waals surface area (Å²) < 4.78 is 0. The Hall–Kier alpha value is -1.65. The maximum Gasteiger partial charge on any atom is 0.220 e. The Balaban J connectivity index is 0.000000396. The summed E-state index contributed by atoms with van der Waals surface area (Å²) in [5.41, 5.74) is 7.84. The molecule has 0 radical (unpaired) electrons. The number of aromatic amines is 1. The van der Waals surface area contributed by atoms with Crippen molar-refractivity contribution in [2.75, 3.05) is 5.73 Å². The van der Waals surface area contributed by atoms with Crippen molar-refractivity contribution in [1.82, 2.24) is 20.2 Å². The first-order chi connectivity index (χ1) is 6.27. The molecule has 0 bridgehead atoms. The van der Waals surface area contributed by atoms with Crippen LogP contribution < -0.4 is 5.73 Å². The normalized spacial score (nSPS) is 9.46. The van der Waals surface area contributed by atoms with Gasteiger partial charge in [0.25, 0.3) is 0 Å². The molecule has 0 aromatic carbocycles. The molecule has 0 aliphatic heterocycles. The molecule has 13 heavy (non-hydrogen) atoms. The van der Waals surface area contributed by atoms with Gasteiger partial charge in [-0.1, -0.05) is 13.8 Å². The summed E-state index contributed by atoms with van der Waals surface area (Å²) in [7, 11) is 0. The minimum Gasteiger partial charge on any atom is -0.368 e. The number of aromatic nitrogens is 4. The van der Waals surface area contributed by atoms with Gasteiger partial charge in [0, 0.05) is 0 Å². The Morgan fingerprint density at radius 2 is 2.08 bits per heavy atom. The Kier molecular flexibility index (Phi) is 2.79. The lowest BCUT2D eigenvalue weighted by molar-refractivity contribution is 1.07. The van der Waals surface area contributed by atoms with Gasteiger partial charge in [-0.2, -0.15) is 5.10 Å². The van der Waals surface area contributed by atoms with Gasteiger partial charge >= 0.3 is 0 Å². The number of aryl methyl sites for hydroxylation is 1. The summed E-state index contributed by atoms with van der Waals surface area (Å²) in [5, 5.41) is 6.75. The fraction of sp³-hybridized carbons (Fsp3) is 0.375. The number of fused-ring (bicyclic) bond motifs is 1. The van der Waals surface area contributed by atoms with Crippen LogP contribution in [0.25, 0.3) is 11.0 Å². The van der Waals surface area contributed by atoms with Crippen LogP contribution in [0, 0.1) is 6.92 Å². The van der Waals surface area contributed by atoms with Gasteiger partial charge in [0.2, 0.25) is 5.95 Å². The van der Waals surface area contributed by atoms with Gasteiger partial charge < -0.3 is 5.73 Å². The maximum absolute atomic E-state index is 5.39. The summed E-state index contributed by atoms with van der Waals surface area (Å²) >= 11 is 0. The second-order valence-electron chi connectivity index (χ2n) is 2.31. The number of H-pyrrole nitrogens is 1. The molecule has 5 heteroatoms. The van der Waals surface area contributed by atoms with Gasteiger partial charge in [-0.25, -0.2) is 9.97 Å². The molecule has 0 aliphatic carbocycles. The SMILES string of the molecule is CC.Cc1[nH]nc2cnc(N)nc12. The van der Waals surface area contributed by atoms with E-state index in [9.17, 15) is 0 Å². The van der Waals surface area contributed by atoms with E-state index in [2.05, 4.69) is 20.2 Å². The average Bonchev–Trinajstić information content (AvgIpc) is 2.52. The van der Waals surface area contributed by atoms with E-state index in [1.807, 2.05) is 20.8 Å². The Labute approximate surface area is 76.4 Å². The number of nitrogen functional groups attached to an aromatic ring is 1. The minimum atomic E-state index is 0.280. The fourth-order valence-electron chi connectivity index (χ4n) is 0.944. The largest absolute Gasteiger partial charge is 0.368 e. The lowest BCUT2D eigenvalue weighted by Crippen LogP contribution is -1.93. The van der Waals surface area contributed by atoms with Crippen molar-refractivity contribution in [2.45, 2.75) is 20.8 Å². The predicted molar refractivity (Wildman–Crippen MR) is 52.2 cm³/mol. The standard InChI is InChI=1S/C6H7N5.C2H6/c1-3-5-4(11-10-3)2-8-6(7)9-5;1-2/h2H,1H3,(H,10,11)(H2,7,8,9);1-2H3. The molecule has 5 nitrogen and oxygen atoms in total. The molecule has 2 rings (SSSR count). The third-order valence-corrected chi connectivity index (χ3v) is 1.49. The van der Waals surface area contributed by atoms with Crippen LogP contribution in [0.5, 0.6) is 0 Å². The van der Waals surface area contributed by atoms with E-state index >= 15 is 0 Å². The molecular formula is C8H13N5. The molecule has 2 aromatic rings. The molecular weight excluding hydrogens is 166 g/mol. The van der Waals surface area contributed by atoms with E-state index in [-0.39, 0.29) is 5.95 Å². The van der Waals surface area contributed by atoms with Crippen LogP contribution in [-0.4, -0.2) is 20.2 Å². The van der Waals surface area contributed by atoms with Crippen molar-refractivity contribution in [3.8, 4) is 0 Å².